The summed E-state index contributed by atoms with van der Waals surface area (Å²) >= 11 is 0. The highest BCUT2D eigenvalue weighted by Gasteiger charge is 2.50. The van der Waals surface area contributed by atoms with Crippen molar-refractivity contribution in [3.63, 3.8) is 0 Å². The Morgan fingerprint density at radius 3 is 2.52 bits per heavy atom. The number of hydrogen-bond acceptors (Lipinski definition) is 4. The number of nitrogens with zero attached hydrogens (tertiary/aromatic N) is 1. The highest BCUT2D eigenvalue weighted by molar-refractivity contribution is 6.74. The summed E-state index contributed by atoms with van der Waals surface area (Å²) in [5.41, 5.74) is 7.30. The van der Waals surface area contributed by atoms with Crippen LogP contribution in [0.1, 0.15) is 65.4 Å². The third-order valence-corrected chi connectivity index (χ3v) is 11.2. The molecule has 1 aromatic heterocycles. The summed E-state index contributed by atoms with van der Waals surface area (Å²) in [7, 11) is -1.97. The molecule has 4 nitrogen and oxygen atoms in total. The van der Waals surface area contributed by atoms with E-state index in [1.807, 2.05) is 6.07 Å². The van der Waals surface area contributed by atoms with E-state index in [4.69, 9.17) is 10.2 Å². The lowest BCUT2D eigenvalue weighted by Gasteiger charge is -2.51. The molecule has 0 aliphatic heterocycles. The van der Waals surface area contributed by atoms with Crippen LogP contribution in [-0.4, -0.2) is 30.1 Å². The van der Waals surface area contributed by atoms with Gasteiger partial charge in [-0.3, -0.25) is 4.98 Å². The van der Waals surface area contributed by atoms with Gasteiger partial charge in [-0.15, -0.1) is 0 Å². The third-order valence-electron chi connectivity index (χ3n) is 6.68. The van der Waals surface area contributed by atoms with Crippen LogP contribution in [0.25, 0.3) is 0 Å². The molecule has 0 saturated heterocycles. The second-order valence-electron chi connectivity index (χ2n) is 9.29. The molecule has 0 unspecified atom stereocenters. The SMILES string of the molecule is CC[C@]1(O)[C@H](C)C[C@H](c2ccncc2N)C[C@@H]1O[Si](C)(C)C(C)(C)C. The molecular weight excluding hydrogens is 328 g/mol. The Labute approximate surface area is 154 Å². The van der Waals surface area contributed by atoms with Crippen LogP contribution in [0.15, 0.2) is 18.5 Å². The maximum absolute atomic E-state index is 11.4. The fourth-order valence-corrected chi connectivity index (χ4v) is 5.17. The summed E-state index contributed by atoms with van der Waals surface area (Å²) in [5.74, 6) is 0.471. The van der Waals surface area contributed by atoms with Gasteiger partial charge in [0.15, 0.2) is 8.32 Å². The van der Waals surface area contributed by atoms with Crippen molar-refractivity contribution in [3.8, 4) is 0 Å². The van der Waals surface area contributed by atoms with Gasteiger partial charge >= 0.3 is 0 Å². The van der Waals surface area contributed by atoms with E-state index in [-0.39, 0.29) is 17.1 Å². The van der Waals surface area contributed by atoms with Gasteiger partial charge in [0.1, 0.15) is 0 Å². The first kappa shape index (κ1) is 20.4. The Morgan fingerprint density at radius 2 is 2.00 bits per heavy atom. The average Bonchev–Trinajstić information content (AvgIpc) is 2.50. The summed E-state index contributed by atoms with van der Waals surface area (Å²) < 4.78 is 6.74. The van der Waals surface area contributed by atoms with Crippen molar-refractivity contribution in [1.29, 1.82) is 0 Å². The molecule has 1 aliphatic carbocycles. The first-order chi connectivity index (χ1) is 11.4. The molecule has 2 rings (SSSR count). The van der Waals surface area contributed by atoms with Gasteiger partial charge in [-0.05, 0) is 60.9 Å². The first-order valence-electron chi connectivity index (χ1n) is 9.52. The maximum atomic E-state index is 11.4. The van der Waals surface area contributed by atoms with Crippen molar-refractivity contribution < 1.29 is 9.53 Å². The predicted molar refractivity (Wildman–Crippen MR) is 107 cm³/mol. The quantitative estimate of drug-likeness (QED) is 0.759. The Morgan fingerprint density at radius 1 is 1.36 bits per heavy atom. The van der Waals surface area contributed by atoms with E-state index in [2.05, 4.69) is 52.7 Å². The van der Waals surface area contributed by atoms with Crippen LogP contribution in [0.5, 0.6) is 0 Å². The van der Waals surface area contributed by atoms with E-state index in [1.54, 1.807) is 12.4 Å². The number of hydrogen-bond donors (Lipinski definition) is 2. The highest BCUT2D eigenvalue weighted by Crippen LogP contribution is 2.48. The fourth-order valence-electron chi connectivity index (χ4n) is 3.81. The lowest BCUT2D eigenvalue weighted by Crippen LogP contribution is -2.57. The molecule has 5 heteroatoms. The van der Waals surface area contributed by atoms with E-state index in [0.29, 0.717) is 12.3 Å². The summed E-state index contributed by atoms with van der Waals surface area (Å²) in [4.78, 5) is 4.12. The van der Waals surface area contributed by atoms with E-state index in [1.165, 1.54) is 0 Å². The van der Waals surface area contributed by atoms with E-state index in [9.17, 15) is 5.11 Å². The minimum atomic E-state index is -1.97. The lowest BCUT2D eigenvalue weighted by atomic mass is 9.67. The van der Waals surface area contributed by atoms with Crippen molar-refractivity contribution in [2.75, 3.05) is 5.73 Å². The molecule has 0 bridgehead atoms. The molecule has 0 radical (unpaired) electrons. The smallest absolute Gasteiger partial charge is 0.192 e. The van der Waals surface area contributed by atoms with Gasteiger partial charge in [0.2, 0.25) is 0 Å². The molecule has 3 N–H and O–H groups in total. The van der Waals surface area contributed by atoms with Gasteiger partial charge in [-0.2, -0.15) is 0 Å². The lowest BCUT2D eigenvalue weighted by molar-refractivity contribution is -0.131. The van der Waals surface area contributed by atoms with Gasteiger partial charge < -0.3 is 15.3 Å². The van der Waals surface area contributed by atoms with Crippen LogP contribution in [0.3, 0.4) is 0 Å². The van der Waals surface area contributed by atoms with E-state index in [0.717, 1.165) is 24.1 Å². The van der Waals surface area contributed by atoms with Crippen molar-refractivity contribution >= 4 is 14.0 Å². The topological polar surface area (TPSA) is 68.4 Å². The summed E-state index contributed by atoms with van der Waals surface area (Å²) in [6.45, 7) is 15.5. The Bertz CT molecular complexity index is 600. The monoisotopic (exact) mass is 364 g/mol. The molecule has 1 heterocycles. The van der Waals surface area contributed by atoms with Gasteiger partial charge in [-0.1, -0.05) is 34.6 Å². The first-order valence-corrected chi connectivity index (χ1v) is 12.4. The van der Waals surface area contributed by atoms with Crippen molar-refractivity contribution in [1.82, 2.24) is 4.98 Å². The van der Waals surface area contributed by atoms with Crippen LogP contribution in [-0.2, 0) is 4.43 Å². The van der Waals surface area contributed by atoms with Crippen molar-refractivity contribution in [2.24, 2.45) is 5.92 Å². The second kappa shape index (κ2) is 7.01. The molecule has 1 fully saturated rings. The number of pyridine rings is 1. The van der Waals surface area contributed by atoms with Gasteiger partial charge in [0.25, 0.3) is 0 Å². The molecule has 142 valence electrons. The molecule has 25 heavy (non-hydrogen) atoms. The third kappa shape index (κ3) is 3.93. The molecule has 0 amide bonds. The van der Waals surface area contributed by atoms with Gasteiger partial charge in [0, 0.05) is 6.20 Å². The number of anilines is 1. The minimum absolute atomic E-state index is 0.119. The van der Waals surface area contributed by atoms with Gasteiger partial charge in [-0.25, -0.2) is 0 Å². The zero-order valence-electron chi connectivity index (χ0n) is 17.0. The Balaban J connectivity index is 2.34. The molecule has 4 atom stereocenters. The highest BCUT2D eigenvalue weighted by atomic mass is 28.4. The zero-order chi connectivity index (χ0) is 19.0. The standard InChI is InChI=1S/C20H36N2O2Si/c1-8-20(23)14(2)11-15(16-9-10-22-13-17(16)21)12-18(20)24-25(6,7)19(3,4)5/h9-10,13-15,18,23H,8,11-12,21H2,1-7H3/t14-,15+,18+,20+/m1/s1. The van der Waals surface area contributed by atoms with Crippen molar-refractivity contribution in [3.05, 3.63) is 24.0 Å². The number of nitrogens with two attached hydrogens (primary N) is 1. The minimum Gasteiger partial charge on any atom is -0.411 e. The molecule has 1 aromatic rings. The average molecular weight is 365 g/mol. The predicted octanol–water partition coefficient (Wildman–Crippen LogP) is 4.71. The van der Waals surface area contributed by atoms with Crippen LogP contribution in [0.2, 0.25) is 18.1 Å². The van der Waals surface area contributed by atoms with E-state index < -0.39 is 13.9 Å². The Kier molecular flexibility index (Phi) is 5.72. The maximum Gasteiger partial charge on any atom is 0.192 e. The van der Waals surface area contributed by atoms with E-state index >= 15 is 0 Å². The van der Waals surface area contributed by atoms with Gasteiger partial charge in [0.05, 0.1) is 23.6 Å². The van der Waals surface area contributed by atoms with Crippen LogP contribution in [0, 0.1) is 5.92 Å². The number of aliphatic hydroxyl groups is 1. The zero-order valence-corrected chi connectivity index (χ0v) is 18.0. The Hall–Kier alpha value is -0.913. The summed E-state index contributed by atoms with van der Waals surface area (Å²) in [6, 6.07) is 2.02. The molecule has 1 aliphatic rings. The second-order valence-corrected chi connectivity index (χ2v) is 14.0. The molecule has 0 aromatic carbocycles. The molecule has 1 saturated carbocycles. The fraction of sp³-hybridized carbons (Fsp3) is 0.750. The largest absolute Gasteiger partial charge is 0.411 e. The van der Waals surface area contributed by atoms with Crippen molar-refractivity contribution in [2.45, 2.75) is 89.6 Å². The van der Waals surface area contributed by atoms with Crippen LogP contribution in [0.4, 0.5) is 5.69 Å². The molecular formula is C20H36N2O2Si. The summed E-state index contributed by atoms with van der Waals surface area (Å²) in [6.07, 6.45) is 5.84. The van der Waals surface area contributed by atoms with Crippen LogP contribution < -0.4 is 5.73 Å². The number of nitrogen functional groups attached to an aromatic ring is 1. The number of aromatic nitrogens is 1. The normalized spacial score (nSPS) is 31.1. The number of rotatable bonds is 4. The van der Waals surface area contributed by atoms with Crippen LogP contribution >= 0.6 is 0 Å². The summed E-state index contributed by atoms with van der Waals surface area (Å²) in [5, 5.41) is 11.5. The molecule has 0 spiro atoms.